The number of hydrogen-bond acceptors (Lipinski definition) is 4. The summed E-state index contributed by atoms with van der Waals surface area (Å²) in [5, 5.41) is 3.83. The van der Waals surface area contributed by atoms with Gasteiger partial charge in [0.1, 0.15) is 5.75 Å². The number of halogens is 3. The Hall–Kier alpha value is -2.71. The minimum atomic E-state index is -4.65. The molecule has 1 aliphatic rings. The zero-order chi connectivity index (χ0) is 21.2. The number of nitrogens with zero attached hydrogens (tertiary/aromatic N) is 4. The Balaban J connectivity index is 1.77. The third-order valence-corrected chi connectivity index (χ3v) is 5.00. The third kappa shape index (κ3) is 4.49. The van der Waals surface area contributed by atoms with Crippen molar-refractivity contribution >= 4 is 11.6 Å². The molecule has 0 unspecified atom stereocenters. The molecular formula is C20H25F3N4O2. The van der Waals surface area contributed by atoms with Crippen LogP contribution in [0.15, 0.2) is 30.5 Å². The van der Waals surface area contributed by atoms with E-state index < -0.39 is 23.8 Å². The van der Waals surface area contributed by atoms with Crippen LogP contribution in [-0.2, 0) is 6.18 Å². The molecule has 1 aromatic carbocycles. The summed E-state index contributed by atoms with van der Waals surface area (Å²) in [6, 6.07) is 7.09. The summed E-state index contributed by atoms with van der Waals surface area (Å²) in [5.74, 6) is 0.128. The van der Waals surface area contributed by atoms with E-state index in [2.05, 4.69) is 10.00 Å². The molecule has 29 heavy (non-hydrogen) atoms. The summed E-state index contributed by atoms with van der Waals surface area (Å²) in [6.45, 7) is 5.21. The highest BCUT2D eigenvalue weighted by atomic mass is 19.4. The zero-order valence-corrected chi connectivity index (χ0v) is 16.7. The Morgan fingerprint density at radius 2 is 1.79 bits per heavy atom. The Morgan fingerprint density at radius 1 is 1.10 bits per heavy atom. The van der Waals surface area contributed by atoms with E-state index in [0.29, 0.717) is 32.6 Å². The van der Waals surface area contributed by atoms with Gasteiger partial charge in [-0.05, 0) is 44.5 Å². The molecule has 9 heteroatoms. The van der Waals surface area contributed by atoms with Gasteiger partial charge in [-0.1, -0.05) is 0 Å². The van der Waals surface area contributed by atoms with E-state index in [4.69, 9.17) is 4.74 Å². The van der Waals surface area contributed by atoms with Crippen LogP contribution in [0.25, 0.3) is 0 Å². The third-order valence-electron chi connectivity index (χ3n) is 5.00. The van der Waals surface area contributed by atoms with Gasteiger partial charge in [0.05, 0.1) is 18.9 Å². The lowest BCUT2D eigenvalue weighted by atomic mass is 10.2. The summed E-state index contributed by atoms with van der Waals surface area (Å²) in [7, 11) is 1.60. The molecule has 0 bridgehead atoms. The van der Waals surface area contributed by atoms with E-state index in [0.717, 1.165) is 22.3 Å². The Labute approximate surface area is 167 Å². The monoisotopic (exact) mass is 410 g/mol. The van der Waals surface area contributed by atoms with Crippen LogP contribution in [-0.4, -0.2) is 53.9 Å². The largest absolute Gasteiger partial charge is 0.497 e. The maximum absolute atomic E-state index is 13.6. The Morgan fingerprint density at radius 3 is 2.38 bits per heavy atom. The van der Waals surface area contributed by atoms with Gasteiger partial charge in [0.25, 0.3) is 5.91 Å². The first-order chi connectivity index (χ1) is 13.7. The number of hydrogen-bond donors (Lipinski definition) is 0. The normalized spacial score (nSPS) is 15.6. The fourth-order valence-corrected chi connectivity index (χ4v) is 3.53. The number of aromatic nitrogens is 2. The smallest absolute Gasteiger partial charge is 0.433 e. The van der Waals surface area contributed by atoms with Gasteiger partial charge in [0.2, 0.25) is 0 Å². The average molecular weight is 410 g/mol. The van der Waals surface area contributed by atoms with Crippen LogP contribution in [0.2, 0.25) is 0 Å². The molecule has 0 N–H and O–H groups in total. The van der Waals surface area contributed by atoms with E-state index in [1.807, 2.05) is 24.3 Å². The molecule has 6 nitrogen and oxygen atoms in total. The first kappa shape index (κ1) is 21.0. The molecule has 1 saturated heterocycles. The molecule has 0 aliphatic carbocycles. The minimum Gasteiger partial charge on any atom is -0.497 e. The predicted octanol–water partition coefficient (Wildman–Crippen LogP) is 3.84. The van der Waals surface area contributed by atoms with Crippen molar-refractivity contribution < 1.29 is 22.7 Å². The Bertz CT molecular complexity index is 846. The van der Waals surface area contributed by atoms with Crippen molar-refractivity contribution in [2.24, 2.45) is 0 Å². The van der Waals surface area contributed by atoms with E-state index in [1.165, 1.54) is 4.90 Å². The highest BCUT2D eigenvalue weighted by molar-refractivity contribution is 5.95. The van der Waals surface area contributed by atoms with Crippen LogP contribution in [0.1, 0.15) is 42.4 Å². The highest BCUT2D eigenvalue weighted by Gasteiger charge is 2.41. The van der Waals surface area contributed by atoms with Crippen molar-refractivity contribution in [2.75, 3.05) is 38.2 Å². The molecular weight excluding hydrogens is 385 g/mol. The number of anilines is 1. The summed E-state index contributed by atoms with van der Waals surface area (Å²) >= 11 is 0. The number of carbonyl (C=O) groups is 1. The molecule has 1 aromatic heterocycles. The molecule has 2 heterocycles. The second kappa shape index (κ2) is 8.34. The van der Waals surface area contributed by atoms with Crippen molar-refractivity contribution in [1.29, 1.82) is 0 Å². The molecule has 0 spiro atoms. The van der Waals surface area contributed by atoms with Gasteiger partial charge in [-0.15, -0.1) is 0 Å². The summed E-state index contributed by atoms with van der Waals surface area (Å²) < 4.78 is 46.9. The molecule has 0 radical (unpaired) electrons. The number of amides is 1. The molecule has 1 amide bonds. The lowest BCUT2D eigenvalue weighted by Crippen LogP contribution is -2.36. The zero-order valence-electron chi connectivity index (χ0n) is 16.7. The molecule has 158 valence electrons. The highest BCUT2D eigenvalue weighted by Crippen LogP contribution is 2.34. The van der Waals surface area contributed by atoms with Crippen molar-refractivity contribution in [3.8, 4) is 5.75 Å². The van der Waals surface area contributed by atoms with Crippen LogP contribution < -0.4 is 9.64 Å². The number of carbonyl (C=O) groups excluding carboxylic acids is 1. The Kier molecular flexibility index (Phi) is 6.04. The van der Waals surface area contributed by atoms with Gasteiger partial charge < -0.3 is 14.5 Å². The van der Waals surface area contributed by atoms with Crippen molar-refractivity contribution in [1.82, 2.24) is 14.7 Å². The van der Waals surface area contributed by atoms with Crippen LogP contribution in [0.4, 0.5) is 18.9 Å². The number of rotatable bonds is 4. The van der Waals surface area contributed by atoms with Gasteiger partial charge in [-0.2, -0.15) is 18.3 Å². The fraction of sp³-hybridized carbons (Fsp3) is 0.500. The van der Waals surface area contributed by atoms with Gasteiger partial charge in [0, 0.05) is 37.9 Å². The SMILES string of the molecule is COc1ccc(N2CCCN(C(=O)c3cnn(C(C)C)c3C(F)(F)F)CC2)cc1. The average Bonchev–Trinajstić information content (AvgIpc) is 3.01. The number of methoxy groups -OCH3 is 1. The van der Waals surface area contributed by atoms with E-state index in [1.54, 1.807) is 21.0 Å². The molecule has 3 rings (SSSR count). The van der Waals surface area contributed by atoms with Crippen LogP contribution in [0.5, 0.6) is 5.75 Å². The lowest BCUT2D eigenvalue weighted by molar-refractivity contribution is -0.145. The lowest BCUT2D eigenvalue weighted by Gasteiger charge is -2.24. The predicted molar refractivity (Wildman–Crippen MR) is 103 cm³/mol. The van der Waals surface area contributed by atoms with Crippen LogP contribution in [0.3, 0.4) is 0 Å². The second-order valence-electron chi connectivity index (χ2n) is 7.27. The van der Waals surface area contributed by atoms with Gasteiger partial charge in [-0.3, -0.25) is 9.48 Å². The maximum Gasteiger partial charge on any atom is 0.433 e. The number of alkyl halides is 3. The van der Waals surface area contributed by atoms with Crippen LogP contribution >= 0.6 is 0 Å². The summed E-state index contributed by atoms with van der Waals surface area (Å²) in [6.07, 6.45) is -2.94. The quantitative estimate of drug-likeness (QED) is 0.769. The molecule has 1 fully saturated rings. The first-order valence-corrected chi connectivity index (χ1v) is 9.55. The number of ether oxygens (including phenoxy) is 1. The standard InChI is InChI=1S/C20H25F3N4O2/c1-14(2)27-18(20(21,22)23)17(13-24-27)19(28)26-10-4-9-25(11-12-26)15-5-7-16(29-3)8-6-15/h5-8,13-14H,4,9-12H2,1-3H3. The number of benzene rings is 1. The molecule has 0 atom stereocenters. The van der Waals surface area contributed by atoms with Crippen molar-refractivity contribution in [3.63, 3.8) is 0 Å². The van der Waals surface area contributed by atoms with Gasteiger partial charge >= 0.3 is 6.18 Å². The first-order valence-electron chi connectivity index (χ1n) is 9.55. The van der Waals surface area contributed by atoms with Crippen LogP contribution in [0, 0.1) is 0 Å². The van der Waals surface area contributed by atoms with Gasteiger partial charge in [0.15, 0.2) is 5.69 Å². The topological polar surface area (TPSA) is 50.6 Å². The van der Waals surface area contributed by atoms with Gasteiger partial charge in [-0.25, -0.2) is 0 Å². The van der Waals surface area contributed by atoms with E-state index in [9.17, 15) is 18.0 Å². The van der Waals surface area contributed by atoms with E-state index >= 15 is 0 Å². The molecule has 0 saturated carbocycles. The van der Waals surface area contributed by atoms with Crippen molar-refractivity contribution in [2.45, 2.75) is 32.5 Å². The fourth-order valence-electron chi connectivity index (χ4n) is 3.53. The summed E-state index contributed by atoms with van der Waals surface area (Å²) in [4.78, 5) is 16.5. The molecule has 2 aromatic rings. The maximum atomic E-state index is 13.6. The molecule has 1 aliphatic heterocycles. The van der Waals surface area contributed by atoms with E-state index in [-0.39, 0.29) is 5.56 Å². The summed E-state index contributed by atoms with van der Waals surface area (Å²) in [5.41, 5.74) is -0.374. The minimum absolute atomic E-state index is 0.342. The van der Waals surface area contributed by atoms with Crippen molar-refractivity contribution in [3.05, 3.63) is 41.7 Å². The second-order valence-corrected chi connectivity index (χ2v) is 7.27.